The lowest BCUT2D eigenvalue weighted by Gasteiger charge is -2.34. The zero-order chi connectivity index (χ0) is 17.6. The molecule has 2 aromatic rings. The molecule has 5 nitrogen and oxygen atoms in total. The van der Waals surface area contributed by atoms with Crippen LogP contribution in [0.5, 0.6) is 0 Å². The minimum Gasteiger partial charge on any atom is -0.324 e. The lowest BCUT2D eigenvalue weighted by molar-refractivity contribution is 0.176. The summed E-state index contributed by atoms with van der Waals surface area (Å²) in [6.07, 6.45) is 16.4. The molecule has 0 saturated carbocycles. The van der Waals surface area contributed by atoms with E-state index in [2.05, 4.69) is 32.3 Å². The Hall–Kier alpha value is -2.27. The molecule has 0 spiro atoms. The van der Waals surface area contributed by atoms with Crippen molar-refractivity contribution in [1.82, 2.24) is 19.9 Å². The highest BCUT2D eigenvalue weighted by atomic mass is 15.1. The molecule has 136 valence electrons. The quantitative estimate of drug-likeness (QED) is 0.822. The van der Waals surface area contributed by atoms with Gasteiger partial charge in [0.15, 0.2) is 0 Å². The Morgan fingerprint density at radius 3 is 2.73 bits per heavy atom. The molecular formula is C21H27N5. The number of aromatic nitrogens is 3. The Kier molecular flexibility index (Phi) is 5.55. The number of nitrogens with zero attached hydrogens (tertiary/aromatic N) is 4. The molecule has 1 atom stereocenters. The number of hydrogen-bond acceptors (Lipinski definition) is 5. The second kappa shape index (κ2) is 8.41. The minimum atomic E-state index is 0.510. The van der Waals surface area contributed by atoms with E-state index < -0.39 is 0 Å². The average Bonchev–Trinajstić information content (AvgIpc) is 2.70. The average molecular weight is 349 g/mol. The van der Waals surface area contributed by atoms with Crippen LogP contribution in [0.25, 0.3) is 0 Å². The summed E-state index contributed by atoms with van der Waals surface area (Å²) < 4.78 is 0. The highest BCUT2D eigenvalue weighted by molar-refractivity contribution is 5.50. The van der Waals surface area contributed by atoms with E-state index in [1.54, 1.807) is 12.4 Å². The van der Waals surface area contributed by atoms with Crippen molar-refractivity contribution >= 4 is 11.6 Å². The van der Waals surface area contributed by atoms with Crippen LogP contribution in [0.15, 0.2) is 48.9 Å². The molecule has 1 aliphatic carbocycles. The van der Waals surface area contributed by atoms with Gasteiger partial charge in [0.05, 0.1) is 11.9 Å². The van der Waals surface area contributed by atoms with Gasteiger partial charge in [-0.1, -0.05) is 18.2 Å². The van der Waals surface area contributed by atoms with Gasteiger partial charge in [0.25, 0.3) is 0 Å². The van der Waals surface area contributed by atoms with Crippen LogP contribution >= 0.6 is 0 Å². The third kappa shape index (κ3) is 4.47. The first-order valence-corrected chi connectivity index (χ1v) is 9.74. The molecule has 0 bridgehead atoms. The standard InChI is InChI=1S/C21H27N5/c1-2-6-17(7-3-1)16-26-12-9-18(10-13-26)19-14-22-15-21(24-19)25-20-8-4-5-11-23-20/h1-2,4-5,8,11,14-15,17-18H,3,6-7,9-10,12-13,16H2,(H,23,24,25)/t17-/m1/s1. The lowest BCUT2D eigenvalue weighted by Crippen LogP contribution is -2.37. The van der Waals surface area contributed by atoms with E-state index in [0.717, 1.165) is 23.2 Å². The van der Waals surface area contributed by atoms with Crippen molar-refractivity contribution in [2.24, 2.45) is 5.92 Å². The first-order chi connectivity index (χ1) is 12.9. The number of rotatable bonds is 5. The molecular weight excluding hydrogens is 322 g/mol. The number of allylic oxidation sites excluding steroid dienone is 2. The summed E-state index contributed by atoms with van der Waals surface area (Å²) in [6, 6.07) is 5.81. The molecule has 0 amide bonds. The Morgan fingerprint density at radius 2 is 1.96 bits per heavy atom. The highest BCUT2D eigenvalue weighted by Crippen LogP contribution is 2.29. The normalized spacial score (nSPS) is 21.6. The van der Waals surface area contributed by atoms with Crippen LogP contribution in [-0.2, 0) is 0 Å². The van der Waals surface area contributed by atoms with E-state index in [4.69, 9.17) is 4.98 Å². The zero-order valence-electron chi connectivity index (χ0n) is 15.2. The smallest absolute Gasteiger partial charge is 0.150 e. The van der Waals surface area contributed by atoms with Crippen LogP contribution in [0, 0.1) is 5.92 Å². The van der Waals surface area contributed by atoms with Gasteiger partial charge < -0.3 is 10.2 Å². The van der Waals surface area contributed by atoms with E-state index in [1.807, 2.05) is 24.4 Å². The van der Waals surface area contributed by atoms with Gasteiger partial charge in [-0.15, -0.1) is 0 Å². The van der Waals surface area contributed by atoms with Gasteiger partial charge in [-0.2, -0.15) is 0 Å². The van der Waals surface area contributed by atoms with Gasteiger partial charge >= 0.3 is 0 Å². The Balaban J connectivity index is 1.32. The number of anilines is 2. The molecule has 1 aliphatic heterocycles. The van der Waals surface area contributed by atoms with Crippen molar-refractivity contribution in [3.63, 3.8) is 0 Å². The Labute approximate surface area is 155 Å². The topological polar surface area (TPSA) is 53.9 Å². The highest BCUT2D eigenvalue weighted by Gasteiger charge is 2.24. The number of nitrogens with one attached hydrogen (secondary N) is 1. The fourth-order valence-corrected chi connectivity index (χ4v) is 4.00. The summed E-state index contributed by atoms with van der Waals surface area (Å²) in [5, 5.41) is 3.24. The predicted octanol–water partition coefficient (Wildman–Crippen LogP) is 4.15. The molecule has 0 unspecified atom stereocenters. The molecule has 0 aromatic carbocycles. The summed E-state index contributed by atoms with van der Waals surface area (Å²) in [4.78, 5) is 16.1. The Morgan fingerprint density at radius 1 is 1.04 bits per heavy atom. The lowest BCUT2D eigenvalue weighted by atomic mass is 9.90. The first-order valence-electron chi connectivity index (χ1n) is 9.74. The maximum Gasteiger partial charge on any atom is 0.150 e. The van der Waals surface area contributed by atoms with E-state index in [9.17, 15) is 0 Å². The molecule has 1 saturated heterocycles. The van der Waals surface area contributed by atoms with Crippen molar-refractivity contribution in [3.05, 3.63) is 54.6 Å². The second-order valence-corrected chi connectivity index (χ2v) is 7.39. The van der Waals surface area contributed by atoms with Crippen molar-refractivity contribution in [3.8, 4) is 0 Å². The van der Waals surface area contributed by atoms with E-state index in [0.29, 0.717) is 5.92 Å². The van der Waals surface area contributed by atoms with Crippen molar-refractivity contribution in [1.29, 1.82) is 0 Å². The monoisotopic (exact) mass is 349 g/mol. The fourth-order valence-electron chi connectivity index (χ4n) is 4.00. The molecule has 1 fully saturated rings. The van der Waals surface area contributed by atoms with Crippen LogP contribution in [0.2, 0.25) is 0 Å². The zero-order valence-corrected chi connectivity index (χ0v) is 15.2. The number of likely N-dealkylation sites (tertiary alicyclic amines) is 1. The van der Waals surface area contributed by atoms with Crippen molar-refractivity contribution in [2.45, 2.75) is 38.0 Å². The number of pyridine rings is 1. The van der Waals surface area contributed by atoms with E-state index in [-0.39, 0.29) is 0 Å². The number of piperidine rings is 1. The van der Waals surface area contributed by atoms with Gasteiger partial charge in [0, 0.05) is 24.9 Å². The number of hydrogen-bond donors (Lipinski definition) is 1. The third-order valence-corrected chi connectivity index (χ3v) is 5.47. The van der Waals surface area contributed by atoms with Crippen LogP contribution in [-0.4, -0.2) is 39.5 Å². The maximum absolute atomic E-state index is 4.79. The third-order valence-electron chi connectivity index (χ3n) is 5.47. The minimum absolute atomic E-state index is 0.510. The van der Waals surface area contributed by atoms with Crippen LogP contribution in [0.4, 0.5) is 11.6 Å². The predicted molar refractivity (Wildman–Crippen MR) is 104 cm³/mol. The van der Waals surface area contributed by atoms with Crippen LogP contribution in [0.3, 0.4) is 0 Å². The summed E-state index contributed by atoms with van der Waals surface area (Å²) in [7, 11) is 0. The molecule has 2 aromatic heterocycles. The second-order valence-electron chi connectivity index (χ2n) is 7.39. The summed E-state index contributed by atoms with van der Waals surface area (Å²) in [5.74, 6) is 2.94. The molecule has 2 aliphatic rings. The molecule has 1 N–H and O–H groups in total. The van der Waals surface area contributed by atoms with E-state index in [1.165, 1.54) is 51.7 Å². The largest absolute Gasteiger partial charge is 0.324 e. The van der Waals surface area contributed by atoms with Crippen molar-refractivity contribution in [2.75, 3.05) is 25.0 Å². The summed E-state index contributed by atoms with van der Waals surface area (Å²) in [5.41, 5.74) is 1.10. The van der Waals surface area contributed by atoms with Gasteiger partial charge in [0.1, 0.15) is 11.6 Å². The summed E-state index contributed by atoms with van der Waals surface area (Å²) in [6.45, 7) is 3.60. The molecule has 5 heteroatoms. The van der Waals surface area contributed by atoms with Crippen LogP contribution < -0.4 is 5.32 Å². The van der Waals surface area contributed by atoms with Gasteiger partial charge in [-0.05, 0) is 63.2 Å². The molecule has 4 rings (SSSR count). The fraction of sp³-hybridized carbons (Fsp3) is 0.476. The van der Waals surface area contributed by atoms with Crippen molar-refractivity contribution < 1.29 is 0 Å². The van der Waals surface area contributed by atoms with Gasteiger partial charge in [-0.25, -0.2) is 9.97 Å². The molecule has 0 radical (unpaired) electrons. The molecule has 26 heavy (non-hydrogen) atoms. The van der Waals surface area contributed by atoms with Gasteiger partial charge in [-0.3, -0.25) is 4.98 Å². The van der Waals surface area contributed by atoms with E-state index >= 15 is 0 Å². The Bertz CT molecular complexity index is 722. The molecule has 3 heterocycles. The SMILES string of the molecule is C1=CC[C@@H](CN2CCC(c3cncc(Nc4ccccn4)n3)CC2)CC1. The first kappa shape index (κ1) is 17.2. The van der Waals surface area contributed by atoms with Crippen LogP contribution in [0.1, 0.15) is 43.7 Å². The maximum atomic E-state index is 4.79. The van der Waals surface area contributed by atoms with Gasteiger partial charge in [0.2, 0.25) is 0 Å². The summed E-state index contributed by atoms with van der Waals surface area (Å²) >= 11 is 0.